The van der Waals surface area contributed by atoms with E-state index in [4.69, 9.17) is 5.26 Å². The summed E-state index contributed by atoms with van der Waals surface area (Å²) in [6.07, 6.45) is 4.60. The maximum absolute atomic E-state index is 9.13. The second-order valence-electron chi connectivity index (χ2n) is 6.87. The molecule has 0 aliphatic carbocycles. The van der Waals surface area contributed by atoms with Gasteiger partial charge >= 0.3 is 0 Å². The van der Waals surface area contributed by atoms with Crippen LogP contribution in [0.3, 0.4) is 0 Å². The highest BCUT2D eigenvalue weighted by molar-refractivity contribution is 5.86. The zero-order valence-corrected chi connectivity index (χ0v) is 13.1. The van der Waals surface area contributed by atoms with Crippen LogP contribution < -0.4 is 0 Å². The van der Waals surface area contributed by atoms with Crippen molar-refractivity contribution in [3.8, 4) is 17.2 Å². The molecule has 0 bridgehead atoms. The summed E-state index contributed by atoms with van der Waals surface area (Å²) >= 11 is 0. The minimum absolute atomic E-state index is 0.287. The molecule has 2 aromatic heterocycles. The van der Waals surface area contributed by atoms with Gasteiger partial charge in [0.15, 0.2) is 0 Å². The number of nitrogens with zero attached hydrogens (tertiary/aromatic N) is 2. The lowest BCUT2D eigenvalue weighted by Crippen LogP contribution is -2.08. The van der Waals surface area contributed by atoms with Gasteiger partial charge in [-0.05, 0) is 29.0 Å². The van der Waals surface area contributed by atoms with E-state index < -0.39 is 0 Å². The van der Waals surface area contributed by atoms with Crippen LogP contribution in [-0.4, -0.2) is 9.97 Å². The van der Waals surface area contributed by atoms with Crippen molar-refractivity contribution < 1.29 is 0 Å². The fraction of sp³-hybridized carbons (Fsp3) is 0.263. The normalized spacial score (nSPS) is 11.5. The molecular formula is C19H19N3. The van der Waals surface area contributed by atoms with Gasteiger partial charge in [0.25, 0.3) is 0 Å². The summed E-state index contributed by atoms with van der Waals surface area (Å²) in [5, 5.41) is 10.0. The molecule has 0 saturated heterocycles. The quantitative estimate of drug-likeness (QED) is 0.744. The molecule has 0 unspecified atom stereocenters. The molecule has 0 saturated carbocycles. The highest BCUT2D eigenvalue weighted by Crippen LogP contribution is 2.26. The first-order chi connectivity index (χ1) is 10.5. The van der Waals surface area contributed by atoms with E-state index in [1.165, 1.54) is 5.56 Å². The Hall–Kier alpha value is -2.60. The first kappa shape index (κ1) is 14.3. The number of aromatic amines is 1. The lowest BCUT2D eigenvalue weighted by molar-refractivity contribution is 0.411. The van der Waals surface area contributed by atoms with Gasteiger partial charge in [0.05, 0.1) is 5.56 Å². The number of hydrogen-bond donors (Lipinski definition) is 1. The van der Waals surface area contributed by atoms with Gasteiger partial charge in [-0.2, -0.15) is 5.26 Å². The third-order valence-corrected chi connectivity index (χ3v) is 3.67. The molecule has 0 atom stereocenters. The fourth-order valence-electron chi connectivity index (χ4n) is 2.68. The van der Waals surface area contributed by atoms with Gasteiger partial charge in [-0.3, -0.25) is 0 Å². The zero-order valence-electron chi connectivity index (χ0n) is 13.1. The molecule has 0 spiro atoms. The standard InChI is InChI=1S/C19H19N3/c1-19(2,3)9-13-4-6-14(7-5-13)15-8-17-16(10-20)12-22-18(17)21-11-15/h4-8,11-12H,9H2,1-3H3,(H,21,22). The van der Waals surface area contributed by atoms with Crippen molar-refractivity contribution in [1.29, 1.82) is 5.26 Å². The number of fused-ring (bicyclic) bond motifs is 1. The first-order valence-electron chi connectivity index (χ1n) is 7.43. The average molecular weight is 289 g/mol. The molecule has 2 heterocycles. The van der Waals surface area contributed by atoms with Crippen LogP contribution in [0.1, 0.15) is 31.9 Å². The van der Waals surface area contributed by atoms with E-state index >= 15 is 0 Å². The minimum atomic E-state index is 0.287. The van der Waals surface area contributed by atoms with Gasteiger partial charge in [-0.25, -0.2) is 4.98 Å². The van der Waals surface area contributed by atoms with Gasteiger partial charge < -0.3 is 4.98 Å². The predicted molar refractivity (Wildman–Crippen MR) is 89.4 cm³/mol. The van der Waals surface area contributed by atoms with E-state index in [1.54, 1.807) is 6.20 Å². The van der Waals surface area contributed by atoms with E-state index in [2.05, 4.69) is 61.1 Å². The van der Waals surface area contributed by atoms with E-state index in [9.17, 15) is 0 Å². The zero-order chi connectivity index (χ0) is 15.7. The summed E-state index contributed by atoms with van der Waals surface area (Å²) in [6, 6.07) is 12.8. The molecular weight excluding hydrogens is 270 g/mol. The molecule has 3 aromatic rings. The summed E-state index contributed by atoms with van der Waals surface area (Å²) in [6.45, 7) is 6.73. The maximum atomic E-state index is 9.13. The van der Waals surface area contributed by atoms with Crippen LogP contribution in [0.5, 0.6) is 0 Å². The maximum Gasteiger partial charge on any atom is 0.138 e. The molecule has 0 aliphatic heterocycles. The number of hydrogen-bond acceptors (Lipinski definition) is 2. The van der Waals surface area contributed by atoms with E-state index in [1.807, 2.05) is 12.3 Å². The van der Waals surface area contributed by atoms with Gasteiger partial charge in [0.1, 0.15) is 11.7 Å². The Morgan fingerprint density at radius 3 is 2.50 bits per heavy atom. The van der Waals surface area contributed by atoms with Crippen molar-refractivity contribution in [2.75, 3.05) is 0 Å². The number of pyridine rings is 1. The van der Waals surface area contributed by atoms with Crippen LogP contribution in [0.15, 0.2) is 42.7 Å². The summed E-state index contributed by atoms with van der Waals surface area (Å²) in [7, 11) is 0. The fourth-order valence-corrected chi connectivity index (χ4v) is 2.68. The van der Waals surface area contributed by atoms with Crippen molar-refractivity contribution in [3.05, 3.63) is 53.9 Å². The largest absolute Gasteiger partial charge is 0.345 e. The van der Waals surface area contributed by atoms with E-state index in [-0.39, 0.29) is 5.41 Å². The molecule has 3 rings (SSSR count). The van der Waals surface area contributed by atoms with Gasteiger partial charge in [-0.15, -0.1) is 0 Å². The summed E-state index contributed by atoms with van der Waals surface area (Å²) in [4.78, 5) is 7.42. The number of benzene rings is 1. The monoisotopic (exact) mass is 289 g/mol. The summed E-state index contributed by atoms with van der Waals surface area (Å²) in [5.41, 5.74) is 5.17. The Balaban J connectivity index is 1.95. The molecule has 3 heteroatoms. The topological polar surface area (TPSA) is 52.5 Å². The molecule has 1 N–H and O–H groups in total. The van der Waals surface area contributed by atoms with Crippen LogP contribution in [0.2, 0.25) is 0 Å². The number of aromatic nitrogens is 2. The van der Waals surface area contributed by atoms with Gasteiger partial charge in [-0.1, -0.05) is 45.0 Å². The molecule has 1 aromatic carbocycles. The Bertz CT molecular complexity index is 843. The molecule has 110 valence electrons. The third-order valence-electron chi connectivity index (χ3n) is 3.67. The number of H-pyrrole nitrogens is 1. The Morgan fingerprint density at radius 1 is 1.14 bits per heavy atom. The van der Waals surface area contributed by atoms with Crippen LogP contribution in [0.25, 0.3) is 22.2 Å². The molecule has 0 aliphatic rings. The molecule has 0 radical (unpaired) electrons. The summed E-state index contributed by atoms with van der Waals surface area (Å²) in [5.74, 6) is 0. The SMILES string of the molecule is CC(C)(C)Cc1ccc(-c2cnc3[nH]cc(C#N)c3c2)cc1. The van der Waals surface area contributed by atoms with Crippen LogP contribution in [0.4, 0.5) is 0 Å². The molecule has 3 nitrogen and oxygen atoms in total. The molecule has 0 amide bonds. The highest BCUT2D eigenvalue weighted by atomic mass is 14.8. The Labute approximate surface area is 130 Å². The van der Waals surface area contributed by atoms with Crippen molar-refractivity contribution in [2.24, 2.45) is 5.41 Å². The van der Waals surface area contributed by atoms with Crippen molar-refractivity contribution in [1.82, 2.24) is 9.97 Å². The van der Waals surface area contributed by atoms with E-state index in [0.717, 1.165) is 28.6 Å². The average Bonchev–Trinajstić information content (AvgIpc) is 2.88. The van der Waals surface area contributed by atoms with Crippen LogP contribution in [0, 0.1) is 16.7 Å². The first-order valence-corrected chi connectivity index (χ1v) is 7.43. The smallest absolute Gasteiger partial charge is 0.138 e. The van der Waals surface area contributed by atoms with Crippen LogP contribution >= 0.6 is 0 Å². The predicted octanol–water partition coefficient (Wildman–Crippen LogP) is 4.69. The number of nitriles is 1. The third kappa shape index (κ3) is 2.87. The number of nitrogens with one attached hydrogen (secondary N) is 1. The Morgan fingerprint density at radius 2 is 1.86 bits per heavy atom. The van der Waals surface area contributed by atoms with Crippen molar-refractivity contribution in [2.45, 2.75) is 27.2 Å². The molecule has 22 heavy (non-hydrogen) atoms. The van der Waals surface area contributed by atoms with Crippen molar-refractivity contribution in [3.63, 3.8) is 0 Å². The van der Waals surface area contributed by atoms with E-state index in [0.29, 0.717) is 5.56 Å². The second-order valence-corrected chi connectivity index (χ2v) is 6.87. The lowest BCUT2D eigenvalue weighted by atomic mass is 9.88. The molecule has 0 fully saturated rings. The Kier molecular flexibility index (Phi) is 3.46. The van der Waals surface area contributed by atoms with Gasteiger partial charge in [0.2, 0.25) is 0 Å². The highest BCUT2D eigenvalue weighted by Gasteiger charge is 2.11. The van der Waals surface area contributed by atoms with Gasteiger partial charge in [0, 0.05) is 23.3 Å². The lowest BCUT2D eigenvalue weighted by Gasteiger charge is -2.18. The van der Waals surface area contributed by atoms with Crippen LogP contribution in [-0.2, 0) is 6.42 Å². The minimum Gasteiger partial charge on any atom is -0.345 e. The number of rotatable bonds is 2. The summed E-state index contributed by atoms with van der Waals surface area (Å²) < 4.78 is 0. The second kappa shape index (κ2) is 5.31. The van der Waals surface area contributed by atoms with Crippen molar-refractivity contribution >= 4 is 11.0 Å².